The Labute approximate surface area is 189 Å². The van der Waals surface area contributed by atoms with Gasteiger partial charge in [0.15, 0.2) is 18.7 Å². The zero-order chi connectivity index (χ0) is 25.8. The maximum atomic E-state index is 13.1. The first-order valence-electron chi connectivity index (χ1n) is 9.70. The Balaban J connectivity index is 3.82. The van der Waals surface area contributed by atoms with Gasteiger partial charge in [-0.3, -0.25) is 0 Å². The van der Waals surface area contributed by atoms with Crippen molar-refractivity contribution in [2.24, 2.45) is 0 Å². The first-order valence-corrected chi connectivity index (χ1v) is 9.70. The number of aromatic nitrogens is 3. The molecule has 0 aliphatic rings. The Hall–Kier alpha value is -3.96. The third-order valence-electron chi connectivity index (χ3n) is 4.21. The van der Waals surface area contributed by atoms with Gasteiger partial charge in [0, 0.05) is 16.7 Å². The fourth-order valence-corrected chi connectivity index (χ4v) is 2.45. The average molecular weight is 465 g/mol. The van der Waals surface area contributed by atoms with E-state index in [0.717, 1.165) is 0 Å². The van der Waals surface area contributed by atoms with Crippen molar-refractivity contribution in [3.05, 3.63) is 67.9 Å². The Morgan fingerprint density at radius 1 is 0.576 bits per heavy atom. The molecule has 0 N–H and O–H groups in total. The van der Waals surface area contributed by atoms with Crippen molar-refractivity contribution in [1.29, 1.82) is 0 Å². The Bertz CT molecular complexity index is 1020. The van der Waals surface area contributed by atoms with Gasteiger partial charge < -0.3 is 14.2 Å². The Morgan fingerprint density at radius 3 is 0.909 bits per heavy atom. The van der Waals surface area contributed by atoms with Crippen LogP contribution in [0, 0.1) is 0 Å². The average Bonchev–Trinajstić information content (AvgIpc) is 2.67. The van der Waals surface area contributed by atoms with Crippen molar-refractivity contribution in [2.45, 2.75) is 60.2 Å². The number of esters is 3. The summed E-state index contributed by atoms with van der Waals surface area (Å²) in [6, 6.07) is 0. The lowest BCUT2D eigenvalue weighted by Crippen LogP contribution is -2.57. The van der Waals surface area contributed by atoms with Gasteiger partial charge in [0.25, 0.3) is 0 Å². The molecule has 0 radical (unpaired) electrons. The van der Waals surface area contributed by atoms with Crippen LogP contribution < -0.4 is 17.1 Å². The molecule has 3 unspecified atom stereocenters. The van der Waals surface area contributed by atoms with Gasteiger partial charge in [-0.1, -0.05) is 19.7 Å². The molecule has 0 aliphatic heterocycles. The van der Waals surface area contributed by atoms with E-state index in [1.807, 2.05) is 0 Å². The van der Waals surface area contributed by atoms with Gasteiger partial charge in [-0.05, 0) is 41.5 Å². The van der Waals surface area contributed by atoms with Crippen LogP contribution in [0.3, 0.4) is 0 Å². The van der Waals surface area contributed by atoms with E-state index in [1.165, 1.54) is 41.5 Å². The highest BCUT2D eigenvalue weighted by Gasteiger charge is 2.28. The molecule has 0 saturated carbocycles. The lowest BCUT2D eigenvalue weighted by molar-refractivity contribution is -0.149. The first kappa shape index (κ1) is 27.1. The van der Waals surface area contributed by atoms with Crippen molar-refractivity contribution >= 4 is 17.9 Å². The van der Waals surface area contributed by atoms with Crippen LogP contribution in [0.25, 0.3) is 0 Å². The van der Waals surface area contributed by atoms with E-state index in [1.54, 1.807) is 0 Å². The highest BCUT2D eigenvalue weighted by molar-refractivity contribution is 5.87. The smallest absolute Gasteiger partial charge is 0.342 e. The van der Waals surface area contributed by atoms with E-state index >= 15 is 0 Å². The van der Waals surface area contributed by atoms with Crippen molar-refractivity contribution < 1.29 is 28.6 Å². The number of hydrogen-bond acceptors (Lipinski definition) is 9. The Kier molecular flexibility index (Phi) is 8.67. The summed E-state index contributed by atoms with van der Waals surface area (Å²) in [5.41, 5.74) is -3.71. The first-order chi connectivity index (χ1) is 15.1. The number of carbonyl (C=O) groups excluding carboxylic acids is 3. The van der Waals surface area contributed by atoms with Gasteiger partial charge in [0.05, 0.1) is 0 Å². The zero-order valence-electron chi connectivity index (χ0n) is 19.4. The molecule has 33 heavy (non-hydrogen) atoms. The van der Waals surface area contributed by atoms with Crippen LogP contribution in [0.4, 0.5) is 0 Å². The predicted molar refractivity (Wildman–Crippen MR) is 116 cm³/mol. The van der Waals surface area contributed by atoms with Gasteiger partial charge >= 0.3 is 35.0 Å². The maximum absolute atomic E-state index is 13.1. The van der Waals surface area contributed by atoms with Crippen LogP contribution >= 0.6 is 0 Å². The van der Waals surface area contributed by atoms with E-state index in [4.69, 9.17) is 14.2 Å². The second-order valence-electron chi connectivity index (χ2n) is 7.31. The normalized spacial score (nSPS) is 13.3. The molecule has 1 aromatic rings. The SMILES string of the molecule is C=C(C)C(=O)OC(C)n1c(=O)n(C(C)OC(=O)C(=C)C)c(=O)n(C(C)OC(=O)C(=C)C)c1=O. The fraction of sp³-hybridized carbons (Fsp3) is 0.429. The summed E-state index contributed by atoms with van der Waals surface area (Å²) in [4.78, 5) is 75.0. The predicted octanol–water partition coefficient (Wildman–Crippen LogP) is 1.09. The highest BCUT2D eigenvalue weighted by atomic mass is 16.6. The van der Waals surface area contributed by atoms with E-state index in [9.17, 15) is 28.8 Å². The largest absolute Gasteiger partial charge is 0.438 e. The van der Waals surface area contributed by atoms with Crippen LogP contribution in [0.15, 0.2) is 50.8 Å². The fourth-order valence-electron chi connectivity index (χ4n) is 2.45. The number of rotatable bonds is 9. The second-order valence-corrected chi connectivity index (χ2v) is 7.31. The standard InChI is InChI=1S/C21H27N3O9/c1-10(2)16(25)31-13(7)22-19(28)23(14(8)32-17(26)11(3)4)21(30)24(20(22)29)15(9)33-18(27)12(5)6/h13-15H,1,3,5H2,2,4,6-9H3. The molecule has 1 rings (SSSR count). The summed E-state index contributed by atoms with van der Waals surface area (Å²) in [7, 11) is 0. The van der Waals surface area contributed by atoms with Crippen LogP contribution in [0.5, 0.6) is 0 Å². The van der Waals surface area contributed by atoms with Crippen molar-refractivity contribution in [2.75, 3.05) is 0 Å². The van der Waals surface area contributed by atoms with Gasteiger partial charge in [0.2, 0.25) is 0 Å². The number of nitrogens with zero attached hydrogens (tertiary/aromatic N) is 3. The molecule has 180 valence electrons. The minimum Gasteiger partial charge on any atom is -0.438 e. The third-order valence-corrected chi connectivity index (χ3v) is 4.21. The van der Waals surface area contributed by atoms with E-state index in [-0.39, 0.29) is 16.7 Å². The number of carbonyl (C=O) groups is 3. The van der Waals surface area contributed by atoms with Crippen molar-refractivity contribution in [3.63, 3.8) is 0 Å². The minimum atomic E-state index is -1.50. The maximum Gasteiger partial charge on any atom is 0.342 e. The molecule has 3 atom stereocenters. The topological polar surface area (TPSA) is 145 Å². The second kappa shape index (κ2) is 10.6. The monoisotopic (exact) mass is 465 g/mol. The van der Waals surface area contributed by atoms with Crippen LogP contribution in [0.2, 0.25) is 0 Å². The minimum absolute atomic E-state index is 0.00365. The van der Waals surface area contributed by atoms with Crippen LogP contribution in [0.1, 0.15) is 60.2 Å². The quantitative estimate of drug-likeness (QED) is 0.297. The molecule has 0 fully saturated rings. The lowest BCUT2D eigenvalue weighted by atomic mass is 10.3. The summed E-state index contributed by atoms with van der Waals surface area (Å²) < 4.78 is 16.5. The molecule has 12 nitrogen and oxygen atoms in total. The lowest BCUT2D eigenvalue weighted by Gasteiger charge is -2.23. The number of hydrogen-bond donors (Lipinski definition) is 0. The molecule has 0 saturated heterocycles. The zero-order valence-corrected chi connectivity index (χ0v) is 19.4. The van der Waals surface area contributed by atoms with E-state index in [2.05, 4.69) is 19.7 Å². The van der Waals surface area contributed by atoms with Gasteiger partial charge in [0.1, 0.15) is 0 Å². The van der Waals surface area contributed by atoms with Gasteiger partial charge in [-0.2, -0.15) is 0 Å². The summed E-state index contributed by atoms with van der Waals surface area (Å²) in [5.74, 6) is -2.70. The van der Waals surface area contributed by atoms with E-state index < -0.39 is 53.7 Å². The molecule has 0 amide bonds. The Morgan fingerprint density at radius 2 is 0.758 bits per heavy atom. The molecule has 0 aromatic carbocycles. The molecule has 0 spiro atoms. The summed E-state index contributed by atoms with van der Waals surface area (Å²) in [6.45, 7) is 17.9. The molecule has 0 aliphatic carbocycles. The molecule has 0 bridgehead atoms. The van der Waals surface area contributed by atoms with Crippen molar-refractivity contribution in [3.8, 4) is 0 Å². The summed E-state index contributed by atoms with van der Waals surface area (Å²) in [6.07, 6.45) is -4.50. The van der Waals surface area contributed by atoms with Crippen LogP contribution in [-0.4, -0.2) is 31.6 Å². The van der Waals surface area contributed by atoms with Gasteiger partial charge in [-0.15, -0.1) is 0 Å². The van der Waals surface area contributed by atoms with E-state index in [0.29, 0.717) is 13.7 Å². The summed E-state index contributed by atoms with van der Waals surface area (Å²) in [5, 5.41) is 0. The third kappa shape index (κ3) is 6.05. The molecule has 1 aromatic heterocycles. The highest BCUT2D eigenvalue weighted by Crippen LogP contribution is 2.11. The number of ether oxygens (including phenoxy) is 3. The molecule has 12 heteroatoms. The molecular weight excluding hydrogens is 438 g/mol. The van der Waals surface area contributed by atoms with Gasteiger partial charge in [-0.25, -0.2) is 42.5 Å². The van der Waals surface area contributed by atoms with Crippen molar-refractivity contribution in [1.82, 2.24) is 13.7 Å². The molecular formula is C21H27N3O9. The molecule has 1 heterocycles. The van der Waals surface area contributed by atoms with Crippen LogP contribution in [-0.2, 0) is 28.6 Å². The summed E-state index contributed by atoms with van der Waals surface area (Å²) >= 11 is 0.